The van der Waals surface area contributed by atoms with E-state index in [1.54, 1.807) is 0 Å². The SMILES string of the molecule is CC(Sc1nnc(C2CC2)n1Cc1ccccc1)/C(O)=C(\C#N)c1nc2ccccc2s1. The monoisotopic (exact) mass is 459 g/mol. The molecule has 8 heteroatoms. The molecule has 1 N–H and O–H groups in total. The Hall–Kier alpha value is -3.15. The van der Waals surface area contributed by atoms with Crippen LogP contribution in [0.4, 0.5) is 0 Å². The van der Waals surface area contributed by atoms with Gasteiger partial charge < -0.3 is 9.67 Å². The minimum Gasteiger partial charge on any atom is -0.510 e. The summed E-state index contributed by atoms with van der Waals surface area (Å²) in [5.74, 6) is 1.47. The van der Waals surface area contributed by atoms with E-state index < -0.39 is 0 Å². The summed E-state index contributed by atoms with van der Waals surface area (Å²) in [5.41, 5.74) is 2.21. The van der Waals surface area contributed by atoms with E-state index in [0.717, 1.165) is 34.0 Å². The van der Waals surface area contributed by atoms with Gasteiger partial charge in [0, 0.05) is 5.92 Å². The third-order valence-corrected chi connectivity index (χ3v) is 7.56. The molecule has 2 heterocycles. The summed E-state index contributed by atoms with van der Waals surface area (Å²) < 4.78 is 3.13. The zero-order valence-electron chi connectivity index (χ0n) is 17.5. The first-order valence-electron chi connectivity index (χ1n) is 10.5. The Kier molecular flexibility index (Phi) is 5.68. The summed E-state index contributed by atoms with van der Waals surface area (Å²) in [6, 6.07) is 20.1. The van der Waals surface area contributed by atoms with Gasteiger partial charge in [-0.3, -0.25) is 0 Å². The van der Waals surface area contributed by atoms with Crippen molar-refractivity contribution in [2.75, 3.05) is 0 Å². The van der Waals surface area contributed by atoms with E-state index in [4.69, 9.17) is 0 Å². The second kappa shape index (κ2) is 8.77. The molecule has 0 aliphatic heterocycles. The van der Waals surface area contributed by atoms with Gasteiger partial charge in [0.2, 0.25) is 0 Å². The minimum atomic E-state index is -0.373. The van der Waals surface area contributed by atoms with Gasteiger partial charge in [-0.2, -0.15) is 5.26 Å². The number of aromatic nitrogens is 4. The van der Waals surface area contributed by atoms with Crippen molar-refractivity contribution < 1.29 is 5.11 Å². The Morgan fingerprint density at radius 2 is 1.94 bits per heavy atom. The molecule has 5 rings (SSSR count). The van der Waals surface area contributed by atoms with Crippen LogP contribution in [0.2, 0.25) is 0 Å². The van der Waals surface area contributed by atoms with Crippen LogP contribution in [0.3, 0.4) is 0 Å². The van der Waals surface area contributed by atoms with E-state index in [2.05, 4.69) is 38.0 Å². The number of hydrogen-bond acceptors (Lipinski definition) is 7. The maximum atomic E-state index is 11.0. The summed E-state index contributed by atoms with van der Waals surface area (Å²) >= 11 is 2.83. The molecular formula is C24H21N5OS2. The highest BCUT2D eigenvalue weighted by molar-refractivity contribution is 7.99. The highest BCUT2D eigenvalue weighted by Gasteiger charge is 2.31. The van der Waals surface area contributed by atoms with E-state index in [9.17, 15) is 10.4 Å². The molecule has 0 radical (unpaired) electrons. The molecule has 1 fully saturated rings. The molecule has 0 saturated heterocycles. The molecule has 6 nitrogen and oxygen atoms in total. The Balaban J connectivity index is 1.45. The number of thioether (sulfide) groups is 1. The smallest absolute Gasteiger partial charge is 0.192 e. The van der Waals surface area contributed by atoms with E-state index in [-0.39, 0.29) is 16.6 Å². The molecule has 4 aromatic rings. The van der Waals surface area contributed by atoms with Gasteiger partial charge in [0.25, 0.3) is 0 Å². The maximum absolute atomic E-state index is 11.0. The first-order valence-corrected chi connectivity index (χ1v) is 12.2. The fraction of sp³-hybridized carbons (Fsp3) is 0.250. The van der Waals surface area contributed by atoms with Gasteiger partial charge in [-0.15, -0.1) is 21.5 Å². The third-order valence-electron chi connectivity index (χ3n) is 5.41. The van der Waals surface area contributed by atoms with Gasteiger partial charge in [0.1, 0.15) is 28.2 Å². The van der Waals surface area contributed by atoms with E-state index in [1.165, 1.54) is 28.7 Å². The summed E-state index contributed by atoms with van der Waals surface area (Å²) in [6.07, 6.45) is 2.27. The number of rotatable bonds is 7. The van der Waals surface area contributed by atoms with Gasteiger partial charge in [-0.25, -0.2) is 4.98 Å². The number of aliphatic hydroxyl groups excluding tert-OH is 1. The van der Waals surface area contributed by atoms with Crippen LogP contribution in [0, 0.1) is 11.3 Å². The molecule has 0 spiro atoms. The average Bonchev–Trinajstić information content (AvgIpc) is 3.45. The molecule has 160 valence electrons. The van der Waals surface area contributed by atoms with Crippen molar-refractivity contribution >= 4 is 38.9 Å². The predicted molar refractivity (Wildman–Crippen MR) is 128 cm³/mol. The van der Waals surface area contributed by atoms with Gasteiger partial charge in [0.05, 0.1) is 22.0 Å². The van der Waals surface area contributed by atoms with Crippen LogP contribution in [-0.2, 0) is 6.54 Å². The lowest BCUT2D eigenvalue weighted by Crippen LogP contribution is -2.09. The Bertz CT molecular complexity index is 1300. The van der Waals surface area contributed by atoms with Crippen molar-refractivity contribution in [2.24, 2.45) is 0 Å². The standard InChI is InChI=1S/C24H21N5OS2/c1-15(21(30)18(13-25)23-26-19-9-5-6-10-20(19)32-23)31-24-28-27-22(17-11-12-17)29(24)14-16-7-3-2-4-8-16/h2-10,15,17,30H,11-12,14H2,1H3/b21-18-. The quantitative estimate of drug-likeness (QED) is 0.214. The Labute approximate surface area is 194 Å². The molecular weight excluding hydrogens is 438 g/mol. The second-order valence-corrected chi connectivity index (χ2v) is 10.1. The van der Waals surface area contributed by atoms with Crippen LogP contribution in [-0.4, -0.2) is 30.1 Å². The van der Waals surface area contributed by atoms with Crippen molar-refractivity contribution in [3.05, 3.63) is 76.8 Å². The molecule has 1 aliphatic carbocycles. The lowest BCUT2D eigenvalue weighted by atomic mass is 10.2. The van der Waals surface area contributed by atoms with Crippen LogP contribution >= 0.6 is 23.1 Å². The minimum absolute atomic E-state index is 0.0128. The van der Waals surface area contributed by atoms with Crippen LogP contribution in [0.5, 0.6) is 0 Å². The fourth-order valence-electron chi connectivity index (χ4n) is 3.56. The summed E-state index contributed by atoms with van der Waals surface area (Å²) in [4.78, 5) is 4.54. The van der Waals surface area contributed by atoms with Gasteiger partial charge >= 0.3 is 0 Å². The lowest BCUT2D eigenvalue weighted by molar-refractivity contribution is 0.402. The van der Waals surface area contributed by atoms with Crippen molar-refractivity contribution in [3.8, 4) is 6.07 Å². The Morgan fingerprint density at radius 1 is 1.19 bits per heavy atom. The highest BCUT2D eigenvalue weighted by atomic mass is 32.2. The van der Waals surface area contributed by atoms with Crippen molar-refractivity contribution in [2.45, 2.75) is 42.6 Å². The van der Waals surface area contributed by atoms with Gasteiger partial charge in [-0.1, -0.05) is 54.2 Å². The average molecular weight is 460 g/mol. The lowest BCUT2D eigenvalue weighted by Gasteiger charge is -2.14. The fourth-order valence-corrected chi connectivity index (χ4v) is 5.44. The van der Waals surface area contributed by atoms with Crippen molar-refractivity contribution in [1.29, 1.82) is 5.26 Å². The van der Waals surface area contributed by atoms with Gasteiger partial charge in [0.15, 0.2) is 5.16 Å². The molecule has 0 amide bonds. The number of benzene rings is 2. The zero-order chi connectivity index (χ0) is 22.1. The molecule has 1 aliphatic rings. The molecule has 32 heavy (non-hydrogen) atoms. The number of allylic oxidation sites excluding steroid dienone is 1. The molecule has 0 bridgehead atoms. The van der Waals surface area contributed by atoms with Crippen molar-refractivity contribution in [3.63, 3.8) is 0 Å². The summed E-state index contributed by atoms with van der Waals surface area (Å²) in [5, 5.41) is 30.6. The van der Waals surface area contributed by atoms with Crippen LogP contribution in [0.1, 0.15) is 42.1 Å². The van der Waals surface area contributed by atoms with E-state index in [0.29, 0.717) is 17.5 Å². The molecule has 1 unspecified atom stereocenters. The zero-order valence-corrected chi connectivity index (χ0v) is 19.1. The van der Waals surface area contributed by atoms with Crippen molar-refractivity contribution in [1.82, 2.24) is 19.7 Å². The maximum Gasteiger partial charge on any atom is 0.192 e. The highest BCUT2D eigenvalue weighted by Crippen LogP contribution is 2.41. The molecule has 2 aromatic carbocycles. The number of fused-ring (bicyclic) bond motifs is 1. The van der Waals surface area contributed by atoms with Crippen LogP contribution in [0.15, 0.2) is 65.5 Å². The molecule has 1 atom stereocenters. The molecule has 2 aromatic heterocycles. The van der Waals surface area contributed by atoms with E-state index in [1.807, 2.05) is 49.4 Å². The second-order valence-electron chi connectivity index (χ2n) is 7.81. The largest absolute Gasteiger partial charge is 0.510 e. The predicted octanol–water partition coefficient (Wildman–Crippen LogP) is 5.79. The topological polar surface area (TPSA) is 87.6 Å². The first kappa shape index (κ1) is 20.7. The number of aliphatic hydroxyl groups is 1. The number of para-hydroxylation sites is 1. The van der Waals surface area contributed by atoms with Crippen LogP contribution in [0.25, 0.3) is 15.8 Å². The number of nitrogens with zero attached hydrogens (tertiary/aromatic N) is 5. The number of thiazole rings is 1. The summed E-state index contributed by atoms with van der Waals surface area (Å²) in [7, 11) is 0. The molecule has 1 saturated carbocycles. The Morgan fingerprint density at radius 3 is 2.66 bits per heavy atom. The third kappa shape index (κ3) is 4.14. The van der Waals surface area contributed by atoms with Crippen LogP contribution < -0.4 is 0 Å². The normalized spacial score (nSPS) is 15.4. The number of hydrogen-bond donors (Lipinski definition) is 1. The first-order chi connectivity index (χ1) is 15.6. The number of nitriles is 1. The van der Waals surface area contributed by atoms with E-state index >= 15 is 0 Å². The van der Waals surface area contributed by atoms with Gasteiger partial charge in [-0.05, 0) is 37.5 Å². The summed E-state index contributed by atoms with van der Waals surface area (Å²) in [6.45, 7) is 2.56.